The molecule has 326 valence electrons. The number of aliphatic hydroxyl groups is 4. The zero-order chi connectivity index (χ0) is 39.5. The van der Waals surface area contributed by atoms with E-state index >= 15 is 0 Å². The van der Waals surface area contributed by atoms with Crippen molar-refractivity contribution in [3.63, 3.8) is 0 Å². The van der Waals surface area contributed by atoms with Crippen molar-refractivity contribution in [3.05, 3.63) is 140 Å². The molecule has 4 N–H and O–H groups in total. The third kappa shape index (κ3) is 20.6. The first-order chi connectivity index (χ1) is 22.2. The minimum Gasteiger partial charge on any atom is -0.731 e. The molecular weight excluding hydrogens is 1200 g/mol. The SMILES string of the molecule is C[c-]1[c-](C)[c-](C)[c-](C)[c-]1C.Cc1c(C)c(C)[c-](C)c1C.Cc1c(C)c(C)[c-](C)c1C.Cc1c(C)c(C)[c-](C)c1C.[CH2-]O.[CH2-]O.[CH2-]O.[CH2-]O.[Pt+4].[Rh].[Rh].[Rh].[Rh]. The van der Waals surface area contributed by atoms with Gasteiger partial charge in [0.1, 0.15) is 0 Å². The zero-order valence-electron chi connectivity index (χ0n) is 36.3. The third-order valence-corrected chi connectivity index (χ3v) is 11.2. The fraction of sp³-hybridized carbons (Fsp3) is 0.455. The Hall–Kier alpha value is 0.422. The standard InChI is InChI=1S/4C10H15.4CH3O.Pt.4Rh/c4*1-6-7(2)9(4)10(5)8(6)3;4*1-2;;;;;/h4*1-5H3;4*2H,1H2;;;;;/q-5;7*-1;+4;;;;. The molecule has 0 heterocycles. The molecule has 0 aliphatic carbocycles. The number of hydrogen-bond acceptors (Lipinski definition) is 4. The largest absolute Gasteiger partial charge is 4.00 e. The Balaban J connectivity index is -0.0000000634. The molecule has 0 unspecified atom stereocenters. The molecule has 0 aliphatic rings. The first kappa shape index (κ1) is 74.4. The summed E-state index contributed by atoms with van der Waals surface area (Å²) >= 11 is 0. The average molecular weight is 1270 g/mol. The molecule has 4 aromatic rings. The van der Waals surface area contributed by atoms with Crippen molar-refractivity contribution in [1.29, 1.82) is 0 Å². The summed E-state index contributed by atoms with van der Waals surface area (Å²) in [6.07, 6.45) is 0. The zero-order valence-corrected chi connectivity index (χ0v) is 45.1. The van der Waals surface area contributed by atoms with Crippen LogP contribution in [0.15, 0.2) is 0 Å². The first-order valence-corrected chi connectivity index (χ1v) is 16.3. The van der Waals surface area contributed by atoms with E-state index < -0.39 is 0 Å². The van der Waals surface area contributed by atoms with Crippen LogP contribution in [-0.4, -0.2) is 20.4 Å². The van der Waals surface area contributed by atoms with Gasteiger partial charge in [-0.05, 0) is 0 Å². The van der Waals surface area contributed by atoms with E-state index in [9.17, 15) is 0 Å². The Morgan fingerprint density at radius 1 is 0.264 bits per heavy atom. The first-order valence-electron chi connectivity index (χ1n) is 16.3. The van der Waals surface area contributed by atoms with Crippen molar-refractivity contribution in [2.45, 2.75) is 138 Å². The van der Waals surface area contributed by atoms with Crippen molar-refractivity contribution in [2.24, 2.45) is 0 Å². The van der Waals surface area contributed by atoms with E-state index in [1.54, 1.807) is 0 Å². The maximum absolute atomic E-state index is 6.75. The molecule has 4 nitrogen and oxygen atoms in total. The van der Waals surface area contributed by atoms with Gasteiger partial charge in [0.15, 0.2) is 0 Å². The van der Waals surface area contributed by atoms with Crippen molar-refractivity contribution < 1.29 is 119 Å². The molecule has 0 amide bonds. The number of rotatable bonds is 0. The van der Waals surface area contributed by atoms with Crippen LogP contribution < -0.4 is 0 Å². The summed E-state index contributed by atoms with van der Waals surface area (Å²) in [6.45, 7) is 44.0. The van der Waals surface area contributed by atoms with Crippen LogP contribution in [0.1, 0.15) is 111 Å². The maximum Gasteiger partial charge on any atom is 4.00 e. The monoisotopic (exact) mass is 1270 g/mol. The normalized spacial score (nSPS) is 8.38. The van der Waals surface area contributed by atoms with Crippen molar-refractivity contribution in [1.82, 2.24) is 0 Å². The Bertz CT molecular complexity index is 957. The number of aliphatic hydroxyl groups excluding tert-OH is 4. The van der Waals surface area contributed by atoms with Gasteiger partial charge in [0, 0.05) is 77.9 Å². The Morgan fingerprint density at radius 3 is 0.377 bits per heavy atom. The maximum atomic E-state index is 6.75. The number of hydrogen-bond donors (Lipinski definition) is 4. The summed E-state index contributed by atoms with van der Waals surface area (Å²) in [7, 11) is 9.00. The summed E-state index contributed by atoms with van der Waals surface area (Å²) in [4.78, 5) is 0. The molecule has 0 spiro atoms. The smallest absolute Gasteiger partial charge is 0.731 e. The second-order valence-electron chi connectivity index (χ2n) is 12.5. The molecule has 0 bridgehead atoms. The Morgan fingerprint density at radius 2 is 0.340 bits per heavy atom. The molecule has 53 heavy (non-hydrogen) atoms. The fourth-order valence-corrected chi connectivity index (χ4v) is 5.62. The van der Waals surface area contributed by atoms with Crippen LogP contribution in [0.5, 0.6) is 0 Å². The van der Waals surface area contributed by atoms with E-state index in [2.05, 4.69) is 167 Å². The second-order valence-corrected chi connectivity index (χ2v) is 12.5. The third-order valence-electron chi connectivity index (χ3n) is 11.2. The van der Waals surface area contributed by atoms with E-state index in [1.807, 2.05) is 0 Å². The van der Waals surface area contributed by atoms with Gasteiger partial charge in [0.25, 0.3) is 0 Å². The van der Waals surface area contributed by atoms with Crippen LogP contribution in [0.3, 0.4) is 0 Å². The quantitative estimate of drug-likeness (QED) is 0.104. The average Bonchev–Trinajstić information content (AvgIpc) is 3.56. The van der Waals surface area contributed by atoms with Crippen molar-refractivity contribution in [3.8, 4) is 0 Å². The van der Waals surface area contributed by atoms with Crippen LogP contribution in [0.2, 0.25) is 0 Å². The van der Waals surface area contributed by atoms with E-state index in [-0.39, 0.29) is 99.0 Å². The summed E-state index contributed by atoms with van der Waals surface area (Å²) in [5.41, 5.74) is 29.4. The summed E-state index contributed by atoms with van der Waals surface area (Å²) < 4.78 is 0. The van der Waals surface area contributed by atoms with Gasteiger partial charge >= 0.3 is 21.1 Å². The fourth-order valence-electron chi connectivity index (χ4n) is 5.62. The van der Waals surface area contributed by atoms with Gasteiger partial charge in [-0.25, -0.2) is 63.1 Å². The van der Waals surface area contributed by atoms with Crippen LogP contribution in [-0.2, 0) is 99.0 Å². The van der Waals surface area contributed by atoms with Gasteiger partial charge in [-0.15, -0.1) is 0 Å². The molecular formula is C44H72O4PtRh4-8. The van der Waals surface area contributed by atoms with E-state index in [4.69, 9.17) is 20.4 Å². The molecule has 0 atom stereocenters. The molecule has 0 aliphatic heterocycles. The molecule has 0 saturated carbocycles. The van der Waals surface area contributed by atoms with E-state index in [1.165, 1.54) is 111 Å². The van der Waals surface area contributed by atoms with Crippen LogP contribution in [0.25, 0.3) is 0 Å². The van der Waals surface area contributed by atoms with Gasteiger partial charge < -0.3 is 48.2 Å². The summed E-state index contributed by atoms with van der Waals surface area (Å²) in [5.74, 6) is 0. The topological polar surface area (TPSA) is 80.9 Å². The molecule has 4 radical (unpaired) electrons. The van der Waals surface area contributed by atoms with Gasteiger partial charge in [-0.3, -0.25) is 0 Å². The Labute approximate surface area is 393 Å². The minimum absolute atomic E-state index is 0. The van der Waals surface area contributed by atoms with E-state index in [0.29, 0.717) is 0 Å². The van der Waals surface area contributed by atoms with Crippen LogP contribution >= 0.6 is 0 Å². The van der Waals surface area contributed by atoms with Crippen LogP contribution in [0.4, 0.5) is 0 Å². The van der Waals surface area contributed by atoms with Crippen LogP contribution in [0, 0.1) is 167 Å². The second kappa shape index (κ2) is 38.0. The van der Waals surface area contributed by atoms with Gasteiger partial charge in [0.05, 0.1) is 0 Å². The van der Waals surface area contributed by atoms with Gasteiger partial charge in [-0.1, -0.05) is 104 Å². The molecule has 0 saturated heterocycles. The predicted molar refractivity (Wildman–Crippen MR) is 212 cm³/mol. The molecule has 9 heteroatoms. The molecule has 4 rings (SSSR count). The summed E-state index contributed by atoms with van der Waals surface area (Å²) in [5, 5.41) is 27.0. The molecule has 0 aromatic heterocycles. The Kier molecular flexibility index (Phi) is 53.3. The van der Waals surface area contributed by atoms with E-state index in [0.717, 1.165) is 0 Å². The van der Waals surface area contributed by atoms with Crippen molar-refractivity contribution >= 4 is 0 Å². The minimum atomic E-state index is 0. The molecule has 4 aromatic carbocycles. The van der Waals surface area contributed by atoms with Crippen molar-refractivity contribution in [2.75, 3.05) is 0 Å². The summed E-state index contributed by atoms with van der Waals surface area (Å²) in [6, 6.07) is 0. The van der Waals surface area contributed by atoms with Gasteiger partial charge in [0.2, 0.25) is 0 Å². The van der Waals surface area contributed by atoms with Gasteiger partial charge in [-0.2, -0.15) is 83.5 Å². The predicted octanol–water partition coefficient (Wildman–Crippen LogP) is 12.4. The molecule has 0 fully saturated rings.